The van der Waals surface area contributed by atoms with E-state index in [4.69, 9.17) is 0 Å². The molecule has 2 N–H and O–H groups in total. The number of aliphatic carboxylic acids is 1. The number of hydrogen-bond donors (Lipinski definition) is 2. The highest BCUT2D eigenvalue weighted by molar-refractivity contribution is 6.03. The summed E-state index contributed by atoms with van der Waals surface area (Å²) in [5.74, 6) is -2.32. The summed E-state index contributed by atoms with van der Waals surface area (Å²) in [6.07, 6.45) is 4.59. The Morgan fingerprint density at radius 2 is 1.64 bits per heavy atom. The van der Waals surface area contributed by atoms with Crippen LogP contribution in [0.25, 0.3) is 10.8 Å². The minimum Gasteiger partial charge on any atom is -0.481 e. The number of carboxylic acids is 1. The van der Waals surface area contributed by atoms with Gasteiger partial charge in [-0.05, 0) is 24.3 Å². The molecule has 1 aliphatic rings. The van der Waals surface area contributed by atoms with Crippen molar-refractivity contribution >= 4 is 28.3 Å². The lowest BCUT2D eigenvalue weighted by Crippen LogP contribution is -2.34. The molecule has 0 saturated heterocycles. The molecule has 2 aromatic carbocycles. The topological polar surface area (TPSA) is 66.4 Å². The van der Waals surface area contributed by atoms with E-state index in [0.29, 0.717) is 12.8 Å². The van der Waals surface area contributed by atoms with Crippen molar-refractivity contribution in [3.05, 3.63) is 54.6 Å². The smallest absolute Gasteiger partial charge is 0.307 e. The van der Waals surface area contributed by atoms with Crippen molar-refractivity contribution in [2.75, 3.05) is 5.32 Å². The number of carboxylic acid groups (broad SMARTS) is 1. The Bertz CT molecular complexity index is 746. The van der Waals surface area contributed by atoms with Gasteiger partial charge in [-0.1, -0.05) is 48.6 Å². The molecule has 0 bridgehead atoms. The molecule has 1 aliphatic carbocycles. The number of rotatable bonds is 3. The van der Waals surface area contributed by atoms with Gasteiger partial charge in [-0.15, -0.1) is 0 Å². The summed E-state index contributed by atoms with van der Waals surface area (Å²) in [7, 11) is 0. The lowest BCUT2D eigenvalue weighted by Gasteiger charge is -2.24. The average Bonchev–Trinajstić information content (AvgIpc) is 2.55. The van der Waals surface area contributed by atoms with Crippen LogP contribution >= 0.6 is 0 Å². The molecule has 22 heavy (non-hydrogen) atoms. The molecule has 0 spiro atoms. The lowest BCUT2D eigenvalue weighted by atomic mass is 9.82. The summed E-state index contributed by atoms with van der Waals surface area (Å²) in [5.41, 5.74) is 0.724. The fourth-order valence-electron chi connectivity index (χ4n) is 2.94. The third kappa shape index (κ3) is 2.72. The molecule has 2 unspecified atom stereocenters. The molecule has 1 amide bonds. The number of hydrogen-bond acceptors (Lipinski definition) is 2. The number of allylic oxidation sites excluding steroid dienone is 2. The van der Waals surface area contributed by atoms with Gasteiger partial charge in [0.15, 0.2) is 0 Å². The van der Waals surface area contributed by atoms with Crippen molar-refractivity contribution in [2.45, 2.75) is 12.8 Å². The second-order valence-electron chi connectivity index (χ2n) is 5.51. The number of carbonyl (C=O) groups is 2. The fraction of sp³-hybridized carbons (Fsp3) is 0.222. The van der Waals surface area contributed by atoms with E-state index in [0.717, 1.165) is 16.5 Å². The summed E-state index contributed by atoms with van der Waals surface area (Å²) in [6, 6.07) is 13.5. The third-order valence-electron chi connectivity index (χ3n) is 4.13. The van der Waals surface area contributed by atoms with Crippen LogP contribution in [0.2, 0.25) is 0 Å². The van der Waals surface area contributed by atoms with Crippen molar-refractivity contribution in [3.63, 3.8) is 0 Å². The standard InChI is InChI=1S/C18H17NO3/c20-17(14-9-3-4-10-15(14)18(21)22)19-16-11-5-7-12-6-1-2-8-13(12)16/h1-8,11,14-15H,9-10H2,(H,19,20)(H,21,22). The van der Waals surface area contributed by atoms with Crippen LogP contribution in [-0.4, -0.2) is 17.0 Å². The summed E-state index contributed by atoms with van der Waals surface area (Å²) >= 11 is 0. The maximum atomic E-state index is 12.5. The molecule has 4 heteroatoms. The highest BCUT2D eigenvalue weighted by Crippen LogP contribution is 2.29. The molecule has 2 atom stereocenters. The van der Waals surface area contributed by atoms with E-state index in [-0.39, 0.29) is 5.91 Å². The van der Waals surface area contributed by atoms with Crippen LogP contribution in [-0.2, 0) is 9.59 Å². The first-order valence-electron chi connectivity index (χ1n) is 7.33. The third-order valence-corrected chi connectivity index (χ3v) is 4.13. The largest absolute Gasteiger partial charge is 0.481 e. The van der Waals surface area contributed by atoms with Crippen molar-refractivity contribution in [2.24, 2.45) is 11.8 Å². The van der Waals surface area contributed by atoms with Gasteiger partial charge in [0.25, 0.3) is 0 Å². The van der Waals surface area contributed by atoms with Crippen molar-refractivity contribution in [1.82, 2.24) is 0 Å². The Morgan fingerprint density at radius 1 is 0.955 bits per heavy atom. The van der Waals surface area contributed by atoms with E-state index in [1.54, 1.807) is 0 Å². The summed E-state index contributed by atoms with van der Waals surface area (Å²) < 4.78 is 0. The predicted molar refractivity (Wildman–Crippen MR) is 85.6 cm³/mol. The van der Waals surface area contributed by atoms with Crippen LogP contribution in [0.3, 0.4) is 0 Å². The zero-order valence-corrected chi connectivity index (χ0v) is 12.0. The molecule has 0 fully saturated rings. The van der Waals surface area contributed by atoms with E-state index in [1.165, 1.54) is 0 Å². The quantitative estimate of drug-likeness (QED) is 0.852. The number of anilines is 1. The Hall–Kier alpha value is -2.62. The van der Waals surface area contributed by atoms with Gasteiger partial charge >= 0.3 is 5.97 Å². The van der Waals surface area contributed by atoms with Gasteiger partial charge in [0.1, 0.15) is 0 Å². The van der Waals surface area contributed by atoms with Crippen LogP contribution in [0.5, 0.6) is 0 Å². The average molecular weight is 295 g/mol. The van der Waals surface area contributed by atoms with Gasteiger partial charge in [0.05, 0.1) is 11.8 Å². The lowest BCUT2D eigenvalue weighted by molar-refractivity contribution is -0.146. The number of amides is 1. The highest BCUT2D eigenvalue weighted by atomic mass is 16.4. The maximum absolute atomic E-state index is 12.5. The van der Waals surface area contributed by atoms with Gasteiger partial charge in [-0.3, -0.25) is 9.59 Å². The van der Waals surface area contributed by atoms with Gasteiger partial charge < -0.3 is 10.4 Å². The first-order valence-corrected chi connectivity index (χ1v) is 7.33. The fourth-order valence-corrected chi connectivity index (χ4v) is 2.94. The van der Waals surface area contributed by atoms with Gasteiger partial charge in [0, 0.05) is 11.1 Å². The number of benzene rings is 2. The van der Waals surface area contributed by atoms with Crippen molar-refractivity contribution in [3.8, 4) is 0 Å². The molecule has 3 rings (SSSR count). The second kappa shape index (κ2) is 6.02. The van der Waals surface area contributed by atoms with Crippen molar-refractivity contribution in [1.29, 1.82) is 0 Å². The van der Waals surface area contributed by atoms with E-state index in [2.05, 4.69) is 5.32 Å². The first kappa shape index (κ1) is 14.3. The van der Waals surface area contributed by atoms with Gasteiger partial charge in [-0.2, -0.15) is 0 Å². The van der Waals surface area contributed by atoms with Crippen LogP contribution in [0.15, 0.2) is 54.6 Å². The Morgan fingerprint density at radius 3 is 2.41 bits per heavy atom. The second-order valence-corrected chi connectivity index (χ2v) is 5.51. The van der Waals surface area contributed by atoms with E-state index in [9.17, 15) is 14.7 Å². The molecule has 0 radical (unpaired) electrons. The Labute approximate surface area is 128 Å². The predicted octanol–water partition coefficient (Wildman–Crippen LogP) is 3.45. The number of nitrogens with one attached hydrogen (secondary N) is 1. The minimum atomic E-state index is -0.914. The zero-order valence-electron chi connectivity index (χ0n) is 12.0. The molecule has 0 aliphatic heterocycles. The molecule has 0 heterocycles. The van der Waals surface area contributed by atoms with Gasteiger partial charge in [0.2, 0.25) is 5.91 Å². The summed E-state index contributed by atoms with van der Waals surface area (Å²) in [5, 5.41) is 14.2. The van der Waals surface area contributed by atoms with E-state index >= 15 is 0 Å². The Kier molecular flexibility index (Phi) is 3.92. The molecule has 4 nitrogen and oxygen atoms in total. The first-order chi connectivity index (χ1) is 10.7. The van der Waals surface area contributed by atoms with Gasteiger partial charge in [-0.25, -0.2) is 0 Å². The Balaban J connectivity index is 1.86. The van der Waals surface area contributed by atoms with Crippen molar-refractivity contribution < 1.29 is 14.7 Å². The maximum Gasteiger partial charge on any atom is 0.307 e. The zero-order chi connectivity index (χ0) is 15.5. The molecule has 0 aromatic heterocycles. The van der Waals surface area contributed by atoms with Crippen LogP contribution < -0.4 is 5.32 Å². The normalized spacial score (nSPS) is 20.7. The molecular formula is C18H17NO3. The minimum absolute atomic E-state index is 0.229. The number of carbonyl (C=O) groups excluding carboxylic acids is 1. The molecule has 0 saturated carbocycles. The summed E-state index contributed by atoms with van der Waals surface area (Å²) in [6.45, 7) is 0. The SMILES string of the molecule is O=C(O)C1CC=CCC1C(=O)Nc1cccc2ccccc12. The van der Waals surface area contributed by atoms with Crippen LogP contribution in [0, 0.1) is 11.8 Å². The van der Waals surface area contributed by atoms with E-state index in [1.807, 2.05) is 54.6 Å². The summed E-state index contributed by atoms with van der Waals surface area (Å²) in [4.78, 5) is 23.8. The molecule has 112 valence electrons. The molecule has 2 aromatic rings. The monoisotopic (exact) mass is 295 g/mol. The van der Waals surface area contributed by atoms with E-state index < -0.39 is 17.8 Å². The van der Waals surface area contributed by atoms with Crippen LogP contribution in [0.1, 0.15) is 12.8 Å². The molecular weight excluding hydrogens is 278 g/mol. The van der Waals surface area contributed by atoms with Crippen LogP contribution in [0.4, 0.5) is 5.69 Å². The highest BCUT2D eigenvalue weighted by Gasteiger charge is 2.34. The number of fused-ring (bicyclic) bond motifs is 1.